The fourth-order valence-electron chi connectivity index (χ4n) is 0.853. The number of rotatable bonds is 3. The molecule has 3 heteroatoms. The van der Waals surface area contributed by atoms with Gasteiger partial charge in [0.25, 0.3) is 0 Å². The molecule has 2 aromatic carbocycles. The zero-order chi connectivity index (χ0) is 13.3. The molecule has 0 amide bonds. The van der Waals surface area contributed by atoms with Gasteiger partial charge in [-0.05, 0) is 0 Å². The van der Waals surface area contributed by atoms with Gasteiger partial charge < -0.3 is 0 Å². The monoisotopic (exact) mass is 260 g/mol. The van der Waals surface area contributed by atoms with Crippen LogP contribution in [0.1, 0.15) is 0 Å². The van der Waals surface area contributed by atoms with Gasteiger partial charge in [0.1, 0.15) is 0 Å². The van der Waals surface area contributed by atoms with E-state index in [4.69, 9.17) is 0 Å². The Hall–Kier alpha value is -1.76. The first-order valence-corrected chi connectivity index (χ1v) is 6.20. The van der Waals surface area contributed by atoms with Crippen LogP contribution in [-0.2, 0) is 9.09 Å². The van der Waals surface area contributed by atoms with Gasteiger partial charge >= 0.3 is 8.69 Å². The summed E-state index contributed by atoms with van der Waals surface area (Å²) in [6, 6.07) is 24.0. The highest BCUT2D eigenvalue weighted by Crippen LogP contribution is 1.90. The SMILES string of the molecule is C=CCOP=O.c1ccccc1.c1ccccc1. The summed E-state index contributed by atoms with van der Waals surface area (Å²) in [5, 5.41) is 0. The van der Waals surface area contributed by atoms with Crippen LogP contribution in [0.2, 0.25) is 0 Å². The van der Waals surface area contributed by atoms with Crippen LogP contribution >= 0.6 is 8.69 Å². The van der Waals surface area contributed by atoms with Gasteiger partial charge in [-0.1, -0.05) is 78.9 Å². The summed E-state index contributed by atoms with van der Waals surface area (Å²) in [6.45, 7) is 3.68. The lowest BCUT2D eigenvalue weighted by Crippen LogP contribution is -1.69. The maximum Gasteiger partial charge on any atom is 0.327 e. The van der Waals surface area contributed by atoms with E-state index in [0.717, 1.165) is 0 Å². The van der Waals surface area contributed by atoms with E-state index in [0.29, 0.717) is 6.61 Å². The summed E-state index contributed by atoms with van der Waals surface area (Å²) in [5.74, 6) is 0. The minimum atomic E-state index is -0.276. The summed E-state index contributed by atoms with van der Waals surface area (Å²) < 4.78 is 13.7. The van der Waals surface area contributed by atoms with E-state index in [1.807, 2.05) is 72.8 Å². The van der Waals surface area contributed by atoms with E-state index in [2.05, 4.69) is 11.1 Å². The van der Waals surface area contributed by atoms with Crippen molar-refractivity contribution in [1.29, 1.82) is 0 Å². The Kier molecular flexibility index (Phi) is 13.7. The van der Waals surface area contributed by atoms with E-state index >= 15 is 0 Å². The van der Waals surface area contributed by atoms with Gasteiger partial charge in [0.2, 0.25) is 0 Å². The fourth-order valence-corrected chi connectivity index (χ4v) is 1.02. The molecule has 0 heterocycles. The van der Waals surface area contributed by atoms with E-state index in [-0.39, 0.29) is 8.69 Å². The maximum absolute atomic E-state index is 9.39. The smallest absolute Gasteiger partial charge is 0.290 e. The Labute approximate surface area is 110 Å². The second-order valence-corrected chi connectivity index (χ2v) is 3.38. The van der Waals surface area contributed by atoms with Crippen LogP contribution in [-0.4, -0.2) is 6.61 Å². The Morgan fingerprint density at radius 2 is 1.06 bits per heavy atom. The average molecular weight is 260 g/mol. The van der Waals surface area contributed by atoms with Gasteiger partial charge in [0.15, 0.2) is 0 Å². The van der Waals surface area contributed by atoms with Gasteiger partial charge in [0.05, 0.1) is 6.61 Å². The molecule has 0 N–H and O–H groups in total. The molecule has 0 bridgehead atoms. The van der Waals surface area contributed by atoms with E-state index in [9.17, 15) is 4.57 Å². The standard InChI is InChI=1S/2C6H6.C3H5O2P/c2*1-2-4-6-5-3-1;1-2-3-5-6-4/h2*1-6H;2H,1,3H2. The molecule has 0 aliphatic heterocycles. The summed E-state index contributed by atoms with van der Waals surface area (Å²) in [6.07, 6.45) is 1.53. The predicted molar refractivity (Wildman–Crippen MR) is 76.6 cm³/mol. The topological polar surface area (TPSA) is 26.3 Å². The van der Waals surface area contributed by atoms with Crippen LogP contribution < -0.4 is 0 Å². The molecule has 2 aromatic rings. The molecule has 0 fully saturated rings. The van der Waals surface area contributed by atoms with Crippen molar-refractivity contribution < 1.29 is 9.09 Å². The molecule has 2 rings (SSSR count). The van der Waals surface area contributed by atoms with Crippen molar-refractivity contribution in [3.8, 4) is 0 Å². The number of hydrogen-bond donors (Lipinski definition) is 0. The van der Waals surface area contributed by atoms with Crippen molar-refractivity contribution in [1.82, 2.24) is 0 Å². The molecule has 94 valence electrons. The lowest BCUT2D eigenvalue weighted by atomic mass is 10.4. The maximum atomic E-state index is 9.39. The first-order chi connectivity index (χ1) is 8.91. The number of hydrogen-bond acceptors (Lipinski definition) is 2. The molecule has 18 heavy (non-hydrogen) atoms. The average Bonchev–Trinajstić information content (AvgIpc) is 2.50. The lowest BCUT2D eigenvalue weighted by molar-refractivity contribution is 0.387. The lowest BCUT2D eigenvalue weighted by Gasteiger charge is -1.76. The molecule has 0 aliphatic carbocycles. The largest absolute Gasteiger partial charge is 0.327 e. The molecular formula is C15H17O2P. The predicted octanol–water partition coefficient (Wildman–Crippen LogP) is 4.77. The van der Waals surface area contributed by atoms with Gasteiger partial charge in [-0.25, -0.2) is 4.57 Å². The third-order valence-corrected chi connectivity index (χ3v) is 1.83. The minimum absolute atomic E-state index is 0.276. The van der Waals surface area contributed by atoms with Crippen molar-refractivity contribution in [3.05, 3.63) is 85.5 Å². The Morgan fingerprint density at radius 1 is 0.778 bits per heavy atom. The van der Waals surface area contributed by atoms with Crippen molar-refractivity contribution in [2.24, 2.45) is 0 Å². The Bertz CT molecular complexity index is 283. The highest BCUT2D eigenvalue weighted by Gasteiger charge is 1.69. The molecule has 0 unspecified atom stereocenters. The third-order valence-electron chi connectivity index (χ3n) is 1.58. The van der Waals surface area contributed by atoms with Gasteiger partial charge in [0, 0.05) is 0 Å². The molecule has 0 aliphatic rings. The molecule has 0 aromatic heterocycles. The van der Waals surface area contributed by atoms with Crippen LogP contribution in [0.5, 0.6) is 0 Å². The minimum Gasteiger partial charge on any atom is -0.290 e. The number of benzene rings is 2. The normalized spacial score (nSPS) is 8.22. The highest BCUT2D eigenvalue weighted by molar-refractivity contribution is 7.17. The first-order valence-electron chi connectivity index (χ1n) is 5.47. The van der Waals surface area contributed by atoms with Crippen molar-refractivity contribution >= 4 is 8.69 Å². The quantitative estimate of drug-likeness (QED) is 0.451. The zero-order valence-corrected chi connectivity index (χ0v) is 11.1. The Balaban J connectivity index is 0.000000241. The summed E-state index contributed by atoms with van der Waals surface area (Å²) in [5.41, 5.74) is 0. The molecular weight excluding hydrogens is 243 g/mol. The molecule has 0 saturated carbocycles. The molecule has 0 radical (unpaired) electrons. The van der Waals surface area contributed by atoms with Crippen molar-refractivity contribution in [3.63, 3.8) is 0 Å². The van der Waals surface area contributed by atoms with Crippen LogP contribution in [0, 0.1) is 0 Å². The van der Waals surface area contributed by atoms with Gasteiger partial charge in [-0.15, -0.1) is 6.58 Å². The molecule has 0 atom stereocenters. The summed E-state index contributed by atoms with van der Waals surface area (Å²) >= 11 is 0. The highest BCUT2D eigenvalue weighted by atomic mass is 31.1. The second-order valence-electron chi connectivity index (χ2n) is 2.97. The first kappa shape index (κ1) is 16.2. The Morgan fingerprint density at radius 3 is 1.17 bits per heavy atom. The van der Waals surface area contributed by atoms with Gasteiger partial charge in [-0.2, -0.15) is 0 Å². The van der Waals surface area contributed by atoms with Gasteiger partial charge in [-0.3, -0.25) is 4.52 Å². The van der Waals surface area contributed by atoms with E-state index in [1.54, 1.807) is 0 Å². The van der Waals surface area contributed by atoms with E-state index < -0.39 is 0 Å². The van der Waals surface area contributed by atoms with Crippen LogP contribution in [0.25, 0.3) is 0 Å². The molecule has 2 nitrogen and oxygen atoms in total. The van der Waals surface area contributed by atoms with Crippen LogP contribution in [0.4, 0.5) is 0 Å². The molecule has 0 spiro atoms. The summed E-state index contributed by atoms with van der Waals surface area (Å²) in [4.78, 5) is 0. The third kappa shape index (κ3) is 14.2. The van der Waals surface area contributed by atoms with Crippen molar-refractivity contribution in [2.45, 2.75) is 0 Å². The zero-order valence-electron chi connectivity index (χ0n) is 10.2. The molecule has 0 saturated heterocycles. The van der Waals surface area contributed by atoms with Crippen LogP contribution in [0.15, 0.2) is 85.5 Å². The summed E-state index contributed by atoms with van der Waals surface area (Å²) in [7, 11) is -0.276. The second kappa shape index (κ2) is 15.2. The van der Waals surface area contributed by atoms with E-state index in [1.165, 1.54) is 6.08 Å². The van der Waals surface area contributed by atoms with Crippen LogP contribution in [0.3, 0.4) is 0 Å². The van der Waals surface area contributed by atoms with Crippen molar-refractivity contribution in [2.75, 3.05) is 6.61 Å². The fraction of sp³-hybridized carbons (Fsp3) is 0.0667.